The second-order valence-corrected chi connectivity index (χ2v) is 6.74. The van der Waals surface area contributed by atoms with Gasteiger partial charge in [-0.3, -0.25) is 4.79 Å². The van der Waals surface area contributed by atoms with Gasteiger partial charge in [-0.2, -0.15) is 17.0 Å². The molecule has 0 bridgehead atoms. The minimum Gasteiger partial charge on any atom is -0.480 e. The molecule has 6 nitrogen and oxygen atoms in total. The molecule has 1 rings (SSSR count). The van der Waals surface area contributed by atoms with E-state index < -0.39 is 22.2 Å². The SMILES string of the molecule is CCC1CCN(S(=O)(=O)N(CC)CC)C(C(=O)O)C1. The number of aliphatic carboxylic acids is 1. The summed E-state index contributed by atoms with van der Waals surface area (Å²) in [6.45, 7) is 6.55. The average Bonchev–Trinajstić information content (AvgIpc) is 2.38. The minimum absolute atomic E-state index is 0.296. The van der Waals surface area contributed by atoms with Gasteiger partial charge in [0.05, 0.1) is 0 Å². The Morgan fingerprint density at radius 1 is 1.32 bits per heavy atom. The summed E-state index contributed by atoms with van der Waals surface area (Å²) in [4.78, 5) is 11.3. The number of carbonyl (C=O) groups is 1. The van der Waals surface area contributed by atoms with Crippen molar-refractivity contribution in [3.05, 3.63) is 0 Å². The second kappa shape index (κ2) is 6.67. The molecule has 0 saturated carbocycles. The van der Waals surface area contributed by atoms with Crippen LogP contribution in [0.3, 0.4) is 0 Å². The minimum atomic E-state index is -3.66. The summed E-state index contributed by atoms with van der Waals surface area (Å²) < 4.78 is 27.4. The molecule has 19 heavy (non-hydrogen) atoms. The predicted molar refractivity (Wildman–Crippen MR) is 73.0 cm³/mol. The Kier molecular flexibility index (Phi) is 5.76. The highest BCUT2D eigenvalue weighted by Crippen LogP contribution is 2.28. The van der Waals surface area contributed by atoms with Gasteiger partial charge in [-0.25, -0.2) is 0 Å². The number of nitrogens with zero attached hydrogens (tertiary/aromatic N) is 2. The van der Waals surface area contributed by atoms with Crippen LogP contribution >= 0.6 is 0 Å². The molecular formula is C12H24N2O4S. The van der Waals surface area contributed by atoms with E-state index in [-0.39, 0.29) is 0 Å². The van der Waals surface area contributed by atoms with Crippen molar-refractivity contribution in [1.29, 1.82) is 0 Å². The van der Waals surface area contributed by atoms with Crippen LogP contribution in [0.5, 0.6) is 0 Å². The number of rotatable bonds is 6. The standard InChI is InChI=1S/C12H24N2O4S/c1-4-10-7-8-14(11(9-10)12(15)16)19(17,18)13(5-2)6-3/h10-11H,4-9H2,1-3H3,(H,15,16). The summed E-state index contributed by atoms with van der Waals surface area (Å²) >= 11 is 0. The smallest absolute Gasteiger partial charge is 0.322 e. The molecular weight excluding hydrogens is 268 g/mol. The van der Waals surface area contributed by atoms with Gasteiger partial charge < -0.3 is 5.11 Å². The maximum Gasteiger partial charge on any atom is 0.322 e. The third-order valence-electron chi connectivity index (χ3n) is 3.85. The molecule has 7 heteroatoms. The zero-order chi connectivity index (χ0) is 14.6. The highest BCUT2D eigenvalue weighted by atomic mass is 32.2. The predicted octanol–water partition coefficient (Wildman–Crippen LogP) is 1.15. The zero-order valence-electron chi connectivity index (χ0n) is 11.9. The van der Waals surface area contributed by atoms with Gasteiger partial charge in [-0.15, -0.1) is 0 Å². The van der Waals surface area contributed by atoms with Crippen LogP contribution in [-0.4, -0.2) is 53.8 Å². The molecule has 0 aliphatic carbocycles. The number of carboxylic acid groups (broad SMARTS) is 1. The van der Waals surface area contributed by atoms with Crippen LogP contribution in [0.2, 0.25) is 0 Å². The van der Waals surface area contributed by atoms with E-state index in [1.807, 2.05) is 6.92 Å². The van der Waals surface area contributed by atoms with Crippen molar-refractivity contribution >= 4 is 16.2 Å². The Morgan fingerprint density at radius 3 is 2.32 bits per heavy atom. The molecule has 0 radical (unpaired) electrons. The third-order valence-corrected chi connectivity index (χ3v) is 6.05. The Hall–Kier alpha value is -0.660. The van der Waals surface area contributed by atoms with Gasteiger partial charge in [0.1, 0.15) is 6.04 Å². The topological polar surface area (TPSA) is 77.9 Å². The lowest BCUT2D eigenvalue weighted by molar-refractivity contribution is -0.143. The van der Waals surface area contributed by atoms with Gasteiger partial charge in [0.2, 0.25) is 0 Å². The fraction of sp³-hybridized carbons (Fsp3) is 0.917. The van der Waals surface area contributed by atoms with E-state index in [4.69, 9.17) is 0 Å². The van der Waals surface area contributed by atoms with Crippen LogP contribution in [0.1, 0.15) is 40.0 Å². The van der Waals surface area contributed by atoms with E-state index >= 15 is 0 Å². The van der Waals surface area contributed by atoms with Crippen molar-refractivity contribution < 1.29 is 18.3 Å². The molecule has 1 fully saturated rings. The fourth-order valence-electron chi connectivity index (χ4n) is 2.59. The van der Waals surface area contributed by atoms with Crippen LogP contribution in [0.15, 0.2) is 0 Å². The Bertz CT molecular complexity index is 406. The fourth-order valence-corrected chi connectivity index (χ4v) is 4.37. The molecule has 1 saturated heterocycles. The summed E-state index contributed by atoms with van der Waals surface area (Å²) in [6.07, 6.45) is 2.04. The Labute approximate surface area is 115 Å². The largest absolute Gasteiger partial charge is 0.480 e. The molecule has 0 amide bonds. The first-order chi connectivity index (χ1) is 8.88. The first-order valence-electron chi connectivity index (χ1n) is 6.88. The Balaban J connectivity index is 3.00. The molecule has 2 unspecified atom stereocenters. The molecule has 1 aliphatic rings. The summed E-state index contributed by atoms with van der Waals surface area (Å²) in [7, 11) is -3.66. The van der Waals surface area contributed by atoms with Crippen LogP contribution in [0.25, 0.3) is 0 Å². The van der Waals surface area contributed by atoms with Gasteiger partial charge in [-0.05, 0) is 18.8 Å². The van der Waals surface area contributed by atoms with Gasteiger partial charge in [0, 0.05) is 19.6 Å². The van der Waals surface area contributed by atoms with E-state index in [1.165, 1.54) is 4.31 Å². The monoisotopic (exact) mass is 292 g/mol. The molecule has 0 aromatic carbocycles. The van der Waals surface area contributed by atoms with Gasteiger partial charge in [0.25, 0.3) is 10.2 Å². The molecule has 0 aromatic heterocycles. The highest BCUT2D eigenvalue weighted by molar-refractivity contribution is 7.86. The van der Waals surface area contributed by atoms with Crippen LogP contribution in [0.4, 0.5) is 0 Å². The van der Waals surface area contributed by atoms with Crippen molar-refractivity contribution in [2.75, 3.05) is 19.6 Å². The second-order valence-electron chi connectivity index (χ2n) is 4.86. The van der Waals surface area contributed by atoms with Crippen molar-refractivity contribution in [2.24, 2.45) is 5.92 Å². The lowest BCUT2D eigenvalue weighted by Gasteiger charge is -2.38. The normalized spacial score (nSPS) is 25.7. The van der Waals surface area contributed by atoms with Gasteiger partial charge in [0.15, 0.2) is 0 Å². The van der Waals surface area contributed by atoms with Crippen molar-refractivity contribution in [3.63, 3.8) is 0 Å². The average molecular weight is 292 g/mol. The van der Waals surface area contributed by atoms with Gasteiger partial charge in [-0.1, -0.05) is 27.2 Å². The van der Waals surface area contributed by atoms with Crippen LogP contribution < -0.4 is 0 Å². The number of carboxylic acids is 1. The van der Waals surface area contributed by atoms with Crippen molar-refractivity contribution in [1.82, 2.24) is 8.61 Å². The summed E-state index contributed by atoms with van der Waals surface area (Å²) in [6, 6.07) is -0.927. The summed E-state index contributed by atoms with van der Waals surface area (Å²) in [5.74, 6) is -0.752. The maximum atomic E-state index is 12.4. The number of piperidine rings is 1. The number of hydrogen-bond acceptors (Lipinski definition) is 3. The van der Waals surface area contributed by atoms with E-state index in [0.29, 0.717) is 32.0 Å². The molecule has 1 N–H and O–H groups in total. The number of hydrogen-bond donors (Lipinski definition) is 1. The molecule has 0 aromatic rings. The maximum absolute atomic E-state index is 12.4. The van der Waals surface area contributed by atoms with E-state index in [9.17, 15) is 18.3 Å². The lowest BCUT2D eigenvalue weighted by atomic mass is 9.90. The molecule has 112 valence electrons. The van der Waals surface area contributed by atoms with Crippen molar-refractivity contribution in [3.8, 4) is 0 Å². The van der Waals surface area contributed by atoms with E-state index in [0.717, 1.165) is 17.1 Å². The molecule has 1 aliphatic heterocycles. The van der Waals surface area contributed by atoms with Crippen LogP contribution in [-0.2, 0) is 15.0 Å². The third kappa shape index (κ3) is 3.46. The highest BCUT2D eigenvalue weighted by Gasteiger charge is 2.41. The van der Waals surface area contributed by atoms with E-state index in [2.05, 4.69) is 0 Å². The molecule has 2 atom stereocenters. The van der Waals surface area contributed by atoms with E-state index in [1.54, 1.807) is 13.8 Å². The first-order valence-corrected chi connectivity index (χ1v) is 8.27. The molecule has 1 heterocycles. The zero-order valence-corrected chi connectivity index (χ0v) is 12.7. The summed E-state index contributed by atoms with van der Waals surface area (Å²) in [5.41, 5.74) is 0. The van der Waals surface area contributed by atoms with Gasteiger partial charge >= 0.3 is 5.97 Å². The quantitative estimate of drug-likeness (QED) is 0.796. The lowest BCUT2D eigenvalue weighted by Crippen LogP contribution is -2.54. The van der Waals surface area contributed by atoms with Crippen LogP contribution in [0, 0.1) is 5.92 Å². The Morgan fingerprint density at radius 2 is 1.89 bits per heavy atom. The summed E-state index contributed by atoms with van der Waals surface area (Å²) in [5, 5.41) is 9.29. The first kappa shape index (κ1) is 16.4. The molecule has 0 spiro atoms. The van der Waals surface area contributed by atoms with Crippen molar-refractivity contribution in [2.45, 2.75) is 46.1 Å².